The van der Waals surface area contributed by atoms with E-state index in [1.807, 2.05) is 6.92 Å². The van der Waals surface area contributed by atoms with Gasteiger partial charge in [-0.2, -0.15) is 0 Å². The Morgan fingerprint density at radius 1 is 1.26 bits per heavy atom. The predicted octanol–water partition coefficient (Wildman–Crippen LogP) is 3.43. The fourth-order valence-electron chi connectivity index (χ4n) is 2.50. The van der Waals surface area contributed by atoms with Gasteiger partial charge in [0.1, 0.15) is 11.5 Å². The number of nitrogens with zero attached hydrogens (tertiary/aromatic N) is 3. The molecule has 1 aliphatic rings. The molecule has 1 amide bonds. The second-order valence-corrected chi connectivity index (χ2v) is 5.88. The number of aromatic nitrogens is 2. The fraction of sp³-hybridized carbons (Fsp3) is 0.312. The van der Waals surface area contributed by atoms with Crippen molar-refractivity contribution in [2.45, 2.75) is 19.8 Å². The third kappa shape index (κ3) is 3.59. The molecule has 1 aromatic carbocycles. The van der Waals surface area contributed by atoms with Crippen LogP contribution in [-0.4, -0.2) is 29.0 Å². The number of carbonyl (C=O) groups excluding carboxylic acids is 1. The Bertz CT molecular complexity index is 747. The van der Waals surface area contributed by atoms with E-state index in [1.54, 1.807) is 6.07 Å². The molecule has 1 saturated heterocycles. The summed E-state index contributed by atoms with van der Waals surface area (Å²) >= 11 is 5.72. The van der Waals surface area contributed by atoms with Crippen molar-refractivity contribution >= 4 is 29.1 Å². The summed E-state index contributed by atoms with van der Waals surface area (Å²) in [6, 6.07) is 5.65. The van der Waals surface area contributed by atoms with Crippen LogP contribution in [0, 0.1) is 12.7 Å². The Balaban J connectivity index is 1.82. The highest BCUT2D eigenvalue weighted by Crippen LogP contribution is 2.21. The van der Waals surface area contributed by atoms with Crippen molar-refractivity contribution in [3.63, 3.8) is 0 Å². The summed E-state index contributed by atoms with van der Waals surface area (Å²) < 4.78 is 13.2. The molecule has 2 heterocycles. The zero-order valence-electron chi connectivity index (χ0n) is 12.6. The minimum Gasteiger partial charge on any atom is -0.341 e. The Morgan fingerprint density at radius 3 is 2.70 bits per heavy atom. The molecule has 0 spiro atoms. The zero-order valence-corrected chi connectivity index (χ0v) is 13.4. The number of aryl methyl sites for hydroxylation is 1. The van der Waals surface area contributed by atoms with Gasteiger partial charge in [-0.15, -0.1) is 0 Å². The largest absolute Gasteiger partial charge is 0.341 e. The molecule has 7 heteroatoms. The second kappa shape index (κ2) is 6.50. The number of halogens is 2. The summed E-state index contributed by atoms with van der Waals surface area (Å²) in [5.41, 5.74) is 1.42. The molecule has 1 aromatic heterocycles. The maximum atomic E-state index is 13.2. The van der Waals surface area contributed by atoms with E-state index in [1.165, 1.54) is 18.2 Å². The molecule has 23 heavy (non-hydrogen) atoms. The van der Waals surface area contributed by atoms with E-state index in [2.05, 4.69) is 20.2 Å². The molecule has 1 N–H and O–H groups in total. The van der Waals surface area contributed by atoms with Crippen molar-refractivity contribution < 1.29 is 9.18 Å². The van der Waals surface area contributed by atoms with Crippen LogP contribution in [0.4, 0.5) is 16.0 Å². The average molecular weight is 335 g/mol. The van der Waals surface area contributed by atoms with Crippen molar-refractivity contribution in [2.75, 3.05) is 23.3 Å². The number of hydrogen-bond acceptors (Lipinski definition) is 4. The topological polar surface area (TPSA) is 58.1 Å². The lowest BCUT2D eigenvalue weighted by Crippen LogP contribution is -2.23. The molecule has 1 fully saturated rings. The number of rotatable bonds is 3. The predicted molar refractivity (Wildman–Crippen MR) is 87.6 cm³/mol. The molecule has 120 valence electrons. The number of nitrogens with one attached hydrogen (secondary N) is 1. The van der Waals surface area contributed by atoms with Gasteiger partial charge in [0, 0.05) is 24.5 Å². The Hall–Kier alpha value is -2.21. The molecule has 0 bridgehead atoms. The third-order valence-corrected chi connectivity index (χ3v) is 3.93. The zero-order chi connectivity index (χ0) is 16.4. The summed E-state index contributed by atoms with van der Waals surface area (Å²) in [5.74, 6) is -0.331. The average Bonchev–Trinajstić information content (AvgIpc) is 3.05. The highest BCUT2D eigenvalue weighted by molar-refractivity contribution is 6.31. The number of anilines is 2. The highest BCUT2D eigenvalue weighted by Gasteiger charge is 2.18. The SMILES string of the molecule is Cc1cc(C(=O)Nc2ccc(F)c(Cl)c2)nc(N2CCCC2)n1. The first-order valence-corrected chi connectivity index (χ1v) is 7.78. The monoisotopic (exact) mass is 334 g/mol. The summed E-state index contributed by atoms with van der Waals surface area (Å²) in [4.78, 5) is 23.2. The number of amides is 1. The number of carbonyl (C=O) groups is 1. The van der Waals surface area contributed by atoms with E-state index in [0.29, 0.717) is 11.6 Å². The van der Waals surface area contributed by atoms with E-state index >= 15 is 0 Å². The molecular formula is C16H16ClFN4O. The number of benzene rings is 1. The number of hydrogen-bond donors (Lipinski definition) is 1. The van der Waals surface area contributed by atoms with Crippen molar-refractivity contribution in [1.82, 2.24) is 9.97 Å². The summed E-state index contributed by atoms with van der Waals surface area (Å²) in [7, 11) is 0. The Labute approximate surface area is 138 Å². The Morgan fingerprint density at radius 2 is 2.00 bits per heavy atom. The summed E-state index contributed by atoms with van der Waals surface area (Å²) in [6.45, 7) is 3.63. The van der Waals surface area contributed by atoms with Crippen molar-refractivity contribution in [3.05, 3.63) is 46.5 Å². The molecule has 1 aliphatic heterocycles. The maximum absolute atomic E-state index is 13.2. The molecule has 3 rings (SSSR count). The normalized spacial score (nSPS) is 14.1. The van der Waals surface area contributed by atoms with Gasteiger partial charge in [-0.25, -0.2) is 14.4 Å². The molecule has 0 saturated carbocycles. The molecular weight excluding hydrogens is 319 g/mol. The smallest absolute Gasteiger partial charge is 0.274 e. The van der Waals surface area contributed by atoms with Gasteiger partial charge in [-0.1, -0.05) is 11.6 Å². The van der Waals surface area contributed by atoms with Gasteiger partial charge in [-0.05, 0) is 44.0 Å². The van der Waals surface area contributed by atoms with Gasteiger partial charge in [0.25, 0.3) is 5.91 Å². The van der Waals surface area contributed by atoms with Crippen LogP contribution in [0.2, 0.25) is 5.02 Å². The molecule has 0 radical (unpaired) electrons. The van der Waals surface area contributed by atoms with Gasteiger partial charge >= 0.3 is 0 Å². The van der Waals surface area contributed by atoms with E-state index in [9.17, 15) is 9.18 Å². The van der Waals surface area contributed by atoms with Crippen LogP contribution in [0.5, 0.6) is 0 Å². The van der Waals surface area contributed by atoms with Gasteiger partial charge in [0.2, 0.25) is 5.95 Å². The van der Waals surface area contributed by atoms with Crippen LogP contribution in [0.3, 0.4) is 0 Å². The van der Waals surface area contributed by atoms with Crippen molar-refractivity contribution in [2.24, 2.45) is 0 Å². The molecule has 5 nitrogen and oxygen atoms in total. The van der Waals surface area contributed by atoms with E-state index in [0.717, 1.165) is 31.6 Å². The summed E-state index contributed by atoms with van der Waals surface area (Å²) in [6.07, 6.45) is 2.21. The minimum absolute atomic E-state index is 0.0422. The first kappa shape index (κ1) is 15.7. The highest BCUT2D eigenvalue weighted by atomic mass is 35.5. The van der Waals surface area contributed by atoms with E-state index in [-0.39, 0.29) is 16.6 Å². The Kier molecular flexibility index (Phi) is 4.43. The van der Waals surface area contributed by atoms with Crippen LogP contribution in [0.1, 0.15) is 29.0 Å². The van der Waals surface area contributed by atoms with Crippen LogP contribution in [0.25, 0.3) is 0 Å². The van der Waals surface area contributed by atoms with Crippen LogP contribution < -0.4 is 10.2 Å². The molecule has 0 unspecified atom stereocenters. The minimum atomic E-state index is -0.529. The van der Waals surface area contributed by atoms with Crippen LogP contribution in [-0.2, 0) is 0 Å². The van der Waals surface area contributed by atoms with Gasteiger partial charge in [0.15, 0.2) is 0 Å². The maximum Gasteiger partial charge on any atom is 0.274 e. The standard InChI is InChI=1S/C16H16ClFN4O/c1-10-8-14(21-16(19-10)22-6-2-3-7-22)15(23)20-11-4-5-13(18)12(17)9-11/h4-5,8-9H,2-3,6-7H2,1H3,(H,20,23). The van der Waals surface area contributed by atoms with Crippen molar-refractivity contribution in [1.29, 1.82) is 0 Å². The van der Waals surface area contributed by atoms with E-state index < -0.39 is 5.82 Å². The second-order valence-electron chi connectivity index (χ2n) is 5.47. The molecule has 0 aliphatic carbocycles. The summed E-state index contributed by atoms with van der Waals surface area (Å²) in [5, 5.41) is 2.63. The van der Waals surface area contributed by atoms with Crippen molar-refractivity contribution in [3.8, 4) is 0 Å². The quantitative estimate of drug-likeness (QED) is 0.934. The van der Waals surface area contributed by atoms with Gasteiger partial charge < -0.3 is 10.2 Å². The third-order valence-electron chi connectivity index (χ3n) is 3.64. The first-order chi connectivity index (χ1) is 11.0. The molecule has 0 atom stereocenters. The fourth-order valence-corrected chi connectivity index (χ4v) is 2.68. The lowest BCUT2D eigenvalue weighted by molar-refractivity contribution is 0.102. The van der Waals surface area contributed by atoms with Crippen LogP contribution >= 0.6 is 11.6 Å². The van der Waals surface area contributed by atoms with Crippen LogP contribution in [0.15, 0.2) is 24.3 Å². The van der Waals surface area contributed by atoms with Gasteiger partial charge in [0.05, 0.1) is 5.02 Å². The lowest BCUT2D eigenvalue weighted by Gasteiger charge is -2.16. The van der Waals surface area contributed by atoms with Gasteiger partial charge in [-0.3, -0.25) is 4.79 Å². The molecule has 2 aromatic rings. The van der Waals surface area contributed by atoms with E-state index in [4.69, 9.17) is 11.6 Å². The lowest BCUT2D eigenvalue weighted by atomic mass is 10.2. The first-order valence-electron chi connectivity index (χ1n) is 7.40.